The summed E-state index contributed by atoms with van der Waals surface area (Å²) < 4.78 is 0. The molecule has 0 saturated carbocycles. The number of allylic oxidation sites excluding steroid dienone is 1. The zero-order chi connectivity index (χ0) is 13.8. The fourth-order valence-electron chi connectivity index (χ4n) is 2.39. The molecule has 0 aliphatic rings. The maximum absolute atomic E-state index is 12.3. The molecule has 0 amide bonds. The normalized spacial score (nSPS) is 10.9. The van der Waals surface area contributed by atoms with E-state index in [0.29, 0.717) is 0 Å². The molecule has 0 unspecified atom stereocenters. The molecular formula is C18H18O. The fraction of sp³-hybridized carbons (Fsp3) is 0.167. The first-order valence-electron chi connectivity index (χ1n) is 6.43. The highest BCUT2D eigenvalue weighted by Gasteiger charge is 2.09. The van der Waals surface area contributed by atoms with Crippen LogP contribution in [0.3, 0.4) is 0 Å². The van der Waals surface area contributed by atoms with Crippen molar-refractivity contribution in [3.8, 4) is 0 Å². The van der Waals surface area contributed by atoms with Crippen LogP contribution < -0.4 is 0 Å². The monoisotopic (exact) mass is 250 g/mol. The first-order valence-corrected chi connectivity index (χ1v) is 6.43. The second kappa shape index (κ2) is 5.66. The second-order valence-corrected chi connectivity index (χ2v) is 4.88. The Morgan fingerprint density at radius 3 is 2.11 bits per heavy atom. The van der Waals surface area contributed by atoms with Crippen molar-refractivity contribution in [2.75, 3.05) is 0 Å². The van der Waals surface area contributed by atoms with Gasteiger partial charge in [-0.25, -0.2) is 0 Å². The van der Waals surface area contributed by atoms with Gasteiger partial charge in [0.2, 0.25) is 0 Å². The molecule has 1 heteroatoms. The van der Waals surface area contributed by atoms with Crippen molar-refractivity contribution >= 4 is 11.9 Å². The molecule has 0 bridgehead atoms. The lowest BCUT2D eigenvalue weighted by molar-refractivity contribution is 0.104. The van der Waals surface area contributed by atoms with Crippen molar-refractivity contribution < 1.29 is 4.79 Å². The third kappa shape index (κ3) is 3.19. The standard InChI is InChI=1S/C18H18O/c1-13-11-14(2)18(15(3)12-13)17(19)10-9-16-7-5-4-6-8-16/h4-12H,1-3H3/b10-9+. The van der Waals surface area contributed by atoms with E-state index in [2.05, 4.69) is 12.1 Å². The van der Waals surface area contributed by atoms with Gasteiger partial charge >= 0.3 is 0 Å². The maximum Gasteiger partial charge on any atom is 0.186 e. The minimum atomic E-state index is 0.0684. The first kappa shape index (κ1) is 13.3. The molecule has 19 heavy (non-hydrogen) atoms. The van der Waals surface area contributed by atoms with Crippen LogP contribution in [-0.4, -0.2) is 5.78 Å². The Hall–Kier alpha value is -2.15. The number of aryl methyl sites for hydroxylation is 3. The fourth-order valence-corrected chi connectivity index (χ4v) is 2.39. The molecule has 1 nitrogen and oxygen atoms in total. The number of hydrogen-bond acceptors (Lipinski definition) is 1. The summed E-state index contributed by atoms with van der Waals surface area (Å²) in [6, 6.07) is 14.0. The lowest BCUT2D eigenvalue weighted by Gasteiger charge is -2.08. The van der Waals surface area contributed by atoms with E-state index in [4.69, 9.17) is 0 Å². The number of rotatable bonds is 3. The smallest absolute Gasteiger partial charge is 0.186 e. The molecule has 0 aliphatic heterocycles. The summed E-state index contributed by atoms with van der Waals surface area (Å²) in [5.74, 6) is 0.0684. The van der Waals surface area contributed by atoms with Crippen molar-refractivity contribution in [2.24, 2.45) is 0 Å². The SMILES string of the molecule is Cc1cc(C)c(C(=O)/C=C/c2ccccc2)c(C)c1. The van der Waals surface area contributed by atoms with Gasteiger partial charge in [0.15, 0.2) is 5.78 Å². The molecule has 0 N–H and O–H groups in total. The van der Waals surface area contributed by atoms with Crippen LogP contribution in [0.2, 0.25) is 0 Å². The summed E-state index contributed by atoms with van der Waals surface area (Å²) in [4.78, 5) is 12.3. The first-order chi connectivity index (χ1) is 9.08. The summed E-state index contributed by atoms with van der Waals surface area (Å²) in [6.07, 6.45) is 3.51. The van der Waals surface area contributed by atoms with Crippen molar-refractivity contribution in [3.63, 3.8) is 0 Å². The van der Waals surface area contributed by atoms with Crippen molar-refractivity contribution in [1.82, 2.24) is 0 Å². The molecular weight excluding hydrogens is 232 g/mol. The van der Waals surface area contributed by atoms with Crippen LogP contribution in [0, 0.1) is 20.8 Å². The Kier molecular flexibility index (Phi) is 3.96. The topological polar surface area (TPSA) is 17.1 Å². The zero-order valence-electron chi connectivity index (χ0n) is 11.6. The largest absolute Gasteiger partial charge is 0.289 e. The third-order valence-corrected chi connectivity index (χ3v) is 3.15. The van der Waals surface area contributed by atoms with Crippen LogP contribution >= 0.6 is 0 Å². The van der Waals surface area contributed by atoms with E-state index in [1.165, 1.54) is 5.56 Å². The summed E-state index contributed by atoms with van der Waals surface area (Å²) in [6.45, 7) is 6.03. The van der Waals surface area contributed by atoms with Gasteiger partial charge in [-0.05, 0) is 43.5 Å². The number of carbonyl (C=O) groups excluding carboxylic acids is 1. The van der Waals surface area contributed by atoms with E-state index in [1.807, 2.05) is 57.2 Å². The van der Waals surface area contributed by atoms with Crippen LogP contribution in [0.15, 0.2) is 48.5 Å². The predicted molar refractivity (Wildman–Crippen MR) is 80.5 cm³/mol. The molecule has 0 fully saturated rings. The van der Waals surface area contributed by atoms with E-state index >= 15 is 0 Å². The average Bonchev–Trinajstić information content (AvgIpc) is 2.36. The van der Waals surface area contributed by atoms with Crippen LogP contribution in [0.1, 0.15) is 32.6 Å². The quantitative estimate of drug-likeness (QED) is 0.578. The van der Waals surface area contributed by atoms with E-state index in [9.17, 15) is 4.79 Å². The van der Waals surface area contributed by atoms with Crippen LogP contribution in [0.5, 0.6) is 0 Å². The molecule has 0 atom stereocenters. The Labute approximate surface area is 114 Å². The van der Waals surface area contributed by atoms with Gasteiger partial charge < -0.3 is 0 Å². The van der Waals surface area contributed by atoms with Crippen molar-refractivity contribution in [2.45, 2.75) is 20.8 Å². The number of benzene rings is 2. The lowest BCUT2D eigenvalue weighted by atomic mass is 9.96. The minimum Gasteiger partial charge on any atom is -0.289 e. The summed E-state index contributed by atoms with van der Waals surface area (Å²) in [5, 5.41) is 0. The lowest BCUT2D eigenvalue weighted by Crippen LogP contribution is -2.02. The molecule has 0 aromatic heterocycles. The van der Waals surface area contributed by atoms with Gasteiger partial charge in [-0.15, -0.1) is 0 Å². The van der Waals surface area contributed by atoms with Crippen molar-refractivity contribution in [3.05, 3.63) is 76.4 Å². The molecule has 2 aromatic carbocycles. The highest BCUT2D eigenvalue weighted by molar-refractivity contribution is 6.08. The molecule has 0 saturated heterocycles. The summed E-state index contributed by atoms with van der Waals surface area (Å²) in [5.41, 5.74) is 5.13. The van der Waals surface area contributed by atoms with E-state index in [0.717, 1.165) is 22.3 Å². The Morgan fingerprint density at radius 1 is 0.947 bits per heavy atom. The van der Waals surface area contributed by atoms with Gasteiger partial charge in [0.05, 0.1) is 0 Å². The van der Waals surface area contributed by atoms with Crippen LogP contribution in [0.4, 0.5) is 0 Å². The van der Waals surface area contributed by atoms with Gasteiger partial charge in [0.1, 0.15) is 0 Å². The van der Waals surface area contributed by atoms with Gasteiger partial charge in [0, 0.05) is 5.56 Å². The van der Waals surface area contributed by atoms with E-state index in [1.54, 1.807) is 6.08 Å². The van der Waals surface area contributed by atoms with Crippen LogP contribution in [-0.2, 0) is 0 Å². The minimum absolute atomic E-state index is 0.0684. The molecule has 2 aromatic rings. The second-order valence-electron chi connectivity index (χ2n) is 4.88. The predicted octanol–water partition coefficient (Wildman–Crippen LogP) is 4.51. The Bertz CT molecular complexity index is 598. The van der Waals surface area contributed by atoms with Gasteiger partial charge in [-0.2, -0.15) is 0 Å². The molecule has 0 spiro atoms. The van der Waals surface area contributed by atoms with Gasteiger partial charge in [0.25, 0.3) is 0 Å². The summed E-state index contributed by atoms with van der Waals surface area (Å²) >= 11 is 0. The molecule has 2 rings (SSSR count). The van der Waals surface area contributed by atoms with Gasteiger partial charge in [-0.1, -0.05) is 54.1 Å². The maximum atomic E-state index is 12.3. The highest BCUT2D eigenvalue weighted by atomic mass is 16.1. The Morgan fingerprint density at radius 2 is 1.53 bits per heavy atom. The molecule has 96 valence electrons. The van der Waals surface area contributed by atoms with Gasteiger partial charge in [-0.3, -0.25) is 4.79 Å². The number of hydrogen-bond donors (Lipinski definition) is 0. The third-order valence-electron chi connectivity index (χ3n) is 3.15. The zero-order valence-corrected chi connectivity index (χ0v) is 11.6. The average molecular weight is 250 g/mol. The Balaban J connectivity index is 2.29. The van der Waals surface area contributed by atoms with E-state index in [-0.39, 0.29) is 5.78 Å². The molecule has 0 radical (unpaired) electrons. The highest BCUT2D eigenvalue weighted by Crippen LogP contribution is 2.17. The number of carbonyl (C=O) groups is 1. The van der Waals surface area contributed by atoms with E-state index < -0.39 is 0 Å². The van der Waals surface area contributed by atoms with Crippen molar-refractivity contribution in [1.29, 1.82) is 0 Å². The van der Waals surface area contributed by atoms with Crippen LogP contribution in [0.25, 0.3) is 6.08 Å². The summed E-state index contributed by atoms with van der Waals surface area (Å²) in [7, 11) is 0. The molecule has 0 heterocycles. The number of ketones is 1. The molecule has 0 aliphatic carbocycles.